The molecule has 0 bridgehead atoms. The summed E-state index contributed by atoms with van der Waals surface area (Å²) in [5.74, 6) is 1.11. The molecular weight excluding hydrogens is 292 g/mol. The molecule has 2 saturated heterocycles. The van der Waals surface area contributed by atoms with Crippen LogP contribution < -0.4 is 5.73 Å². The highest BCUT2D eigenvalue weighted by Gasteiger charge is 2.32. The van der Waals surface area contributed by atoms with Gasteiger partial charge in [0, 0.05) is 26.3 Å². The number of ether oxygens (including phenoxy) is 1. The molecule has 0 aliphatic carbocycles. The molecule has 1 aromatic rings. The van der Waals surface area contributed by atoms with Gasteiger partial charge in [-0.3, -0.25) is 4.79 Å². The van der Waals surface area contributed by atoms with Crippen molar-refractivity contribution in [3.05, 3.63) is 29.8 Å². The molecule has 0 aromatic heterocycles. The number of likely N-dealkylation sites (tertiary alicyclic amines) is 1. The van der Waals surface area contributed by atoms with E-state index < -0.39 is 0 Å². The number of phenols is 1. The first-order valence-electron chi connectivity index (χ1n) is 8.56. The minimum Gasteiger partial charge on any atom is -0.508 e. The molecule has 126 valence electrons. The Hall–Kier alpha value is -1.59. The van der Waals surface area contributed by atoms with E-state index in [0.29, 0.717) is 24.9 Å². The number of carbonyl (C=O) groups excluding carboxylic acids is 1. The van der Waals surface area contributed by atoms with Crippen LogP contribution in [0.1, 0.15) is 37.2 Å². The summed E-state index contributed by atoms with van der Waals surface area (Å²) >= 11 is 0. The molecule has 0 saturated carbocycles. The van der Waals surface area contributed by atoms with E-state index in [1.807, 2.05) is 17.0 Å². The smallest absolute Gasteiger partial charge is 0.239 e. The first-order valence-corrected chi connectivity index (χ1v) is 8.56. The fourth-order valence-electron chi connectivity index (χ4n) is 3.67. The zero-order chi connectivity index (χ0) is 16.2. The lowest BCUT2D eigenvalue weighted by Crippen LogP contribution is -2.51. The van der Waals surface area contributed by atoms with Gasteiger partial charge >= 0.3 is 0 Å². The van der Waals surface area contributed by atoms with Crippen molar-refractivity contribution < 1.29 is 14.6 Å². The number of nitrogens with zero attached hydrogens (tertiary/aromatic N) is 1. The van der Waals surface area contributed by atoms with Crippen molar-refractivity contribution >= 4 is 5.91 Å². The minimum absolute atomic E-state index is 0.0982. The molecule has 2 aliphatic heterocycles. The highest BCUT2D eigenvalue weighted by molar-refractivity contribution is 5.82. The maximum absolute atomic E-state index is 12.6. The number of rotatable bonds is 3. The monoisotopic (exact) mass is 318 g/mol. The van der Waals surface area contributed by atoms with Crippen LogP contribution in [0, 0.1) is 5.92 Å². The average Bonchev–Trinajstić information content (AvgIpc) is 2.62. The molecule has 1 aromatic carbocycles. The molecule has 0 radical (unpaired) electrons. The van der Waals surface area contributed by atoms with Crippen LogP contribution in [0.4, 0.5) is 0 Å². The quantitative estimate of drug-likeness (QED) is 0.892. The van der Waals surface area contributed by atoms with Gasteiger partial charge in [-0.15, -0.1) is 0 Å². The normalized spacial score (nSPS) is 22.0. The van der Waals surface area contributed by atoms with Crippen LogP contribution in [0.5, 0.6) is 5.75 Å². The standard InChI is InChI=1S/C18H26N2O3/c19-17(15-7-11-23-12-8-15)18(22)20-9-5-14(6-10-20)13-1-3-16(21)4-2-13/h1-4,14-15,17,21H,5-12,19H2. The molecule has 1 amide bonds. The number of benzene rings is 1. The molecule has 2 heterocycles. The van der Waals surface area contributed by atoms with Crippen LogP contribution in [0.25, 0.3) is 0 Å². The van der Waals surface area contributed by atoms with Gasteiger partial charge in [0.05, 0.1) is 6.04 Å². The zero-order valence-corrected chi connectivity index (χ0v) is 13.5. The fourth-order valence-corrected chi connectivity index (χ4v) is 3.67. The number of piperidine rings is 1. The predicted octanol–water partition coefficient (Wildman–Crippen LogP) is 1.85. The Balaban J connectivity index is 1.53. The predicted molar refractivity (Wildman–Crippen MR) is 88.2 cm³/mol. The summed E-state index contributed by atoms with van der Waals surface area (Å²) in [4.78, 5) is 14.5. The molecule has 5 heteroatoms. The van der Waals surface area contributed by atoms with Crippen LogP contribution in [-0.4, -0.2) is 48.3 Å². The number of nitrogens with two attached hydrogens (primary N) is 1. The molecule has 5 nitrogen and oxygen atoms in total. The largest absolute Gasteiger partial charge is 0.508 e. The van der Waals surface area contributed by atoms with Gasteiger partial charge in [0.2, 0.25) is 5.91 Å². The van der Waals surface area contributed by atoms with Crippen molar-refractivity contribution in [3.8, 4) is 5.75 Å². The molecule has 2 fully saturated rings. The Bertz CT molecular complexity index is 518. The Morgan fingerprint density at radius 3 is 2.35 bits per heavy atom. The first kappa shape index (κ1) is 16.3. The van der Waals surface area contributed by atoms with E-state index in [4.69, 9.17) is 10.5 Å². The van der Waals surface area contributed by atoms with Gasteiger partial charge in [0.15, 0.2) is 0 Å². The van der Waals surface area contributed by atoms with Gasteiger partial charge in [-0.05, 0) is 55.2 Å². The highest BCUT2D eigenvalue weighted by Crippen LogP contribution is 2.30. The molecule has 1 atom stereocenters. The summed E-state index contributed by atoms with van der Waals surface area (Å²) in [6, 6.07) is 7.03. The topological polar surface area (TPSA) is 75.8 Å². The third-order valence-corrected chi connectivity index (χ3v) is 5.23. The number of carbonyl (C=O) groups is 1. The minimum atomic E-state index is -0.385. The molecular formula is C18H26N2O3. The fraction of sp³-hybridized carbons (Fsp3) is 0.611. The van der Waals surface area contributed by atoms with Crippen molar-refractivity contribution in [3.63, 3.8) is 0 Å². The van der Waals surface area contributed by atoms with Gasteiger partial charge in [-0.25, -0.2) is 0 Å². The second-order valence-corrected chi connectivity index (χ2v) is 6.67. The van der Waals surface area contributed by atoms with Crippen LogP contribution in [0.2, 0.25) is 0 Å². The Morgan fingerprint density at radius 2 is 1.74 bits per heavy atom. The number of hydrogen-bond acceptors (Lipinski definition) is 4. The van der Waals surface area contributed by atoms with E-state index in [2.05, 4.69) is 0 Å². The van der Waals surface area contributed by atoms with Crippen LogP contribution in [-0.2, 0) is 9.53 Å². The molecule has 0 spiro atoms. The average molecular weight is 318 g/mol. The summed E-state index contributed by atoms with van der Waals surface area (Å²) in [5.41, 5.74) is 7.45. The zero-order valence-electron chi connectivity index (χ0n) is 13.5. The molecule has 3 N–H and O–H groups in total. The van der Waals surface area contributed by atoms with E-state index in [9.17, 15) is 9.90 Å². The van der Waals surface area contributed by atoms with Crippen LogP contribution in [0.15, 0.2) is 24.3 Å². The summed E-state index contributed by atoms with van der Waals surface area (Å²) in [6.45, 7) is 2.96. The van der Waals surface area contributed by atoms with Gasteiger partial charge < -0.3 is 20.5 Å². The summed E-state index contributed by atoms with van der Waals surface area (Å²) in [5, 5.41) is 9.38. The number of hydrogen-bond donors (Lipinski definition) is 2. The van der Waals surface area contributed by atoms with Gasteiger partial charge in [0.25, 0.3) is 0 Å². The number of amides is 1. The summed E-state index contributed by atoms with van der Waals surface area (Å²) in [6.07, 6.45) is 3.68. The lowest BCUT2D eigenvalue weighted by atomic mass is 9.87. The Morgan fingerprint density at radius 1 is 1.13 bits per heavy atom. The van der Waals surface area contributed by atoms with Crippen molar-refractivity contribution in [2.75, 3.05) is 26.3 Å². The first-order chi connectivity index (χ1) is 11.1. The van der Waals surface area contributed by atoms with Crippen molar-refractivity contribution in [1.82, 2.24) is 4.90 Å². The SMILES string of the molecule is NC(C(=O)N1CCC(c2ccc(O)cc2)CC1)C1CCOCC1. The van der Waals surface area contributed by atoms with Crippen LogP contribution >= 0.6 is 0 Å². The molecule has 3 rings (SSSR count). The van der Waals surface area contributed by atoms with Crippen molar-refractivity contribution in [2.24, 2.45) is 11.7 Å². The maximum atomic E-state index is 12.6. The second kappa shape index (κ2) is 7.32. The van der Waals surface area contributed by atoms with E-state index in [1.54, 1.807) is 12.1 Å². The third-order valence-electron chi connectivity index (χ3n) is 5.23. The molecule has 23 heavy (non-hydrogen) atoms. The summed E-state index contributed by atoms with van der Waals surface area (Å²) < 4.78 is 5.35. The number of aromatic hydroxyl groups is 1. The van der Waals surface area contributed by atoms with E-state index in [0.717, 1.165) is 38.8 Å². The Labute approximate surface area is 137 Å². The van der Waals surface area contributed by atoms with E-state index in [1.165, 1.54) is 5.56 Å². The third kappa shape index (κ3) is 3.85. The second-order valence-electron chi connectivity index (χ2n) is 6.67. The lowest BCUT2D eigenvalue weighted by Gasteiger charge is -2.36. The highest BCUT2D eigenvalue weighted by atomic mass is 16.5. The molecule has 1 unspecified atom stereocenters. The van der Waals surface area contributed by atoms with E-state index in [-0.39, 0.29) is 17.9 Å². The lowest BCUT2D eigenvalue weighted by molar-refractivity contribution is -0.135. The van der Waals surface area contributed by atoms with Gasteiger partial charge in [-0.1, -0.05) is 12.1 Å². The van der Waals surface area contributed by atoms with Gasteiger partial charge in [-0.2, -0.15) is 0 Å². The number of phenolic OH excluding ortho intramolecular Hbond substituents is 1. The Kier molecular flexibility index (Phi) is 5.18. The maximum Gasteiger partial charge on any atom is 0.239 e. The van der Waals surface area contributed by atoms with Crippen LogP contribution in [0.3, 0.4) is 0 Å². The van der Waals surface area contributed by atoms with Crippen molar-refractivity contribution in [2.45, 2.75) is 37.6 Å². The van der Waals surface area contributed by atoms with Crippen molar-refractivity contribution in [1.29, 1.82) is 0 Å². The van der Waals surface area contributed by atoms with E-state index >= 15 is 0 Å². The van der Waals surface area contributed by atoms with Gasteiger partial charge in [0.1, 0.15) is 5.75 Å². The molecule has 2 aliphatic rings. The summed E-state index contributed by atoms with van der Waals surface area (Å²) in [7, 11) is 0.